The van der Waals surface area contributed by atoms with Crippen LogP contribution in [0.15, 0.2) is 29.3 Å². The van der Waals surface area contributed by atoms with Gasteiger partial charge >= 0.3 is 6.09 Å². The molecule has 0 saturated heterocycles. The lowest BCUT2D eigenvalue weighted by Gasteiger charge is -2.02. The SMILES string of the molecule is CCCCOC(=O)N=C(N)c1ccc(N)cc1. The Morgan fingerprint density at radius 3 is 2.59 bits per heavy atom. The molecule has 1 amide bonds. The van der Waals surface area contributed by atoms with Crippen molar-refractivity contribution in [3.05, 3.63) is 29.8 Å². The molecule has 92 valence electrons. The number of nitrogen functional groups attached to an aromatic ring is 1. The van der Waals surface area contributed by atoms with E-state index in [0.29, 0.717) is 17.9 Å². The number of hydrogen-bond donors (Lipinski definition) is 2. The highest BCUT2D eigenvalue weighted by Gasteiger charge is 2.03. The largest absolute Gasteiger partial charge is 0.448 e. The molecule has 0 spiro atoms. The van der Waals surface area contributed by atoms with Crippen molar-refractivity contribution in [3.8, 4) is 0 Å². The normalized spacial score (nSPS) is 11.2. The Balaban J connectivity index is 2.59. The van der Waals surface area contributed by atoms with Crippen LogP contribution in [0.5, 0.6) is 0 Å². The fourth-order valence-electron chi connectivity index (χ4n) is 1.15. The van der Waals surface area contributed by atoms with Gasteiger partial charge in [-0.15, -0.1) is 0 Å². The predicted molar refractivity (Wildman–Crippen MR) is 67.8 cm³/mol. The number of amidine groups is 1. The van der Waals surface area contributed by atoms with Gasteiger partial charge in [0.2, 0.25) is 0 Å². The van der Waals surface area contributed by atoms with E-state index in [1.807, 2.05) is 6.92 Å². The Morgan fingerprint density at radius 2 is 2.00 bits per heavy atom. The monoisotopic (exact) mass is 235 g/mol. The summed E-state index contributed by atoms with van der Waals surface area (Å²) in [5, 5.41) is 0. The van der Waals surface area contributed by atoms with Crippen molar-refractivity contribution < 1.29 is 9.53 Å². The van der Waals surface area contributed by atoms with E-state index in [-0.39, 0.29) is 5.84 Å². The van der Waals surface area contributed by atoms with E-state index in [2.05, 4.69) is 4.99 Å². The summed E-state index contributed by atoms with van der Waals surface area (Å²) in [7, 11) is 0. The average Bonchev–Trinajstić information content (AvgIpc) is 2.30. The molecule has 1 rings (SSSR count). The molecule has 1 aromatic rings. The molecule has 0 fully saturated rings. The lowest BCUT2D eigenvalue weighted by Crippen LogP contribution is -2.16. The molecule has 0 atom stereocenters. The van der Waals surface area contributed by atoms with Gasteiger partial charge in [-0.1, -0.05) is 13.3 Å². The van der Waals surface area contributed by atoms with Crippen LogP contribution in [0.4, 0.5) is 10.5 Å². The average molecular weight is 235 g/mol. The van der Waals surface area contributed by atoms with Crippen LogP contribution in [0.25, 0.3) is 0 Å². The van der Waals surface area contributed by atoms with Gasteiger partial charge in [0.15, 0.2) is 0 Å². The van der Waals surface area contributed by atoms with Crippen LogP contribution in [0.1, 0.15) is 25.3 Å². The van der Waals surface area contributed by atoms with Crippen LogP contribution in [-0.4, -0.2) is 18.5 Å². The number of anilines is 1. The summed E-state index contributed by atoms with van der Waals surface area (Å²) in [5.41, 5.74) is 12.5. The molecule has 0 aliphatic rings. The van der Waals surface area contributed by atoms with Gasteiger partial charge in [-0.3, -0.25) is 0 Å². The van der Waals surface area contributed by atoms with Gasteiger partial charge in [0, 0.05) is 11.3 Å². The Hall–Kier alpha value is -2.04. The standard InChI is InChI=1S/C12H17N3O2/c1-2-3-8-17-12(16)15-11(14)9-4-6-10(13)7-5-9/h4-7H,2-3,8,13H2,1H3,(H2,14,15,16). The zero-order valence-electron chi connectivity index (χ0n) is 9.85. The van der Waals surface area contributed by atoms with Crippen LogP contribution in [0, 0.1) is 0 Å². The number of carbonyl (C=O) groups is 1. The third-order valence-corrected chi connectivity index (χ3v) is 2.14. The zero-order chi connectivity index (χ0) is 12.7. The molecule has 17 heavy (non-hydrogen) atoms. The highest BCUT2D eigenvalue weighted by atomic mass is 16.5. The minimum absolute atomic E-state index is 0.131. The minimum Gasteiger partial charge on any atom is -0.448 e. The van der Waals surface area contributed by atoms with Gasteiger partial charge in [-0.05, 0) is 30.7 Å². The number of carbonyl (C=O) groups excluding carboxylic acids is 1. The molecule has 0 radical (unpaired) electrons. The Labute approximate surface area is 100 Å². The highest BCUT2D eigenvalue weighted by molar-refractivity contribution is 6.02. The van der Waals surface area contributed by atoms with E-state index >= 15 is 0 Å². The van der Waals surface area contributed by atoms with Crippen LogP contribution >= 0.6 is 0 Å². The van der Waals surface area contributed by atoms with Gasteiger partial charge < -0.3 is 16.2 Å². The summed E-state index contributed by atoms with van der Waals surface area (Å²) >= 11 is 0. The van der Waals surface area contributed by atoms with Crippen molar-refractivity contribution in [2.75, 3.05) is 12.3 Å². The number of unbranched alkanes of at least 4 members (excludes halogenated alkanes) is 1. The quantitative estimate of drug-likeness (QED) is 0.361. The van der Waals surface area contributed by atoms with E-state index in [1.165, 1.54) is 0 Å². The zero-order valence-corrected chi connectivity index (χ0v) is 9.85. The summed E-state index contributed by atoms with van der Waals surface area (Å²) in [4.78, 5) is 14.9. The maximum absolute atomic E-state index is 11.3. The van der Waals surface area contributed by atoms with Gasteiger partial charge in [0.05, 0.1) is 6.61 Å². The van der Waals surface area contributed by atoms with Crippen molar-refractivity contribution >= 4 is 17.6 Å². The number of benzene rings is 1. The van der Waals surface area contributed by atoms with E-state index < -0.39 is 6.09 Å². The molecule has 0 saturated carbocycles. The number of amides is 1. The van der Waals surface area contributed by atoms with Gasteiger partial charge in [-0.2, -0.15) is 4.99 Å². The maximum Gasteiger partial charge on any atom is 0.435 e. The molecule has 0 aliphatic carbocycles. The summed E-state index contributed by atoms with van der Waals surface area (Å²) in [5.74, 6) is 0.131. The van der Waals surface area contributed by atoms with E-state index in [0.717, 1.165) is 12.8 Å². The molecular weight excluding hydrogens is 218 g/mol. The van der Waals surface area contributed by atoms with Crippen molar-refractivity contribution in [2.45, 2.75) is 19.8 Å². The first-order chi connectivity index (χ1) is 8.13. The summed E-state index contributed by atoms with van der Waals surface area (Å²) < 4.78 is 4.87. The van der Waals surface area contributed by atoms with E-state index in [9.17, 15) is 4.79 Å². The highest BCUT2D eigenvalue weighted by Crippen LogP contribution is 2.05. The third kappa shape index (κ3) is 4.55. The molecule has 0 aromatic heterocycles. The Bertz CT molecular complexity index is 399. The van der Waals surface area contributed by atoms with Crippen LogP contribution in [0.3, 0.4) is 0 Å². The number of aliphatic imine (C=N–C) groups is 1. The maximum atomic E-state index is 11.3. The van der Waals surface area contributed by atoms with Crippen molar-refractivity contribution in [2.24, 2.45) is 10.7 Å². The molecule has 0 heterocycles. The Morgan fingerprint density at radius 1 is 1.35 bits per heavy atom. The van der Waals surface area contributed by atoms with Crippen molar-refractivity contribution in [1.29, 1.82) is 0 Å². The molecule has 4 N–H and O–H groups in total. The van der Waals surface area contributed by atoms with Crippen LogP contribution in [-0.2, 0) is 4.74 Å². The Kier molecular flexibility index (Phi) is 5.00. The first kappa shape index (κ1) is 13.0. The third-order valence-electron chi connectivity index (χ3n) is 2.14. The lowest BCUT2D eigenvalue weighted by molar-refractivity contribution is 0.155. The predicted octanol–water partition coefficient (Wildman–Crippen LogP) is 1.91. The molecule has 0 unspecified atom stereocenters. The van der Waals surface area contributed by atoms with Gasteiger partial charge in [-0.25, -0.2) is 4.79 Å². The summed E-state index contributed by atoms with van der Waals surface area (Å²) in [6.45, 7) is 2.38. The number of ether oxygens (including phenoxy) is 1. The van der Waals surface area contributed by atoms with E-state index in [1.54, 1.807) is 24.3 Å². The minimum atomic E-state index is -0.659. The number of rotatable bonds is 4. The lowest BCUT2D eigenvalue weighted by atomic mass is 10.2. The first-order valence-electron chi connectivity index (χ1n) is 5.50. The second-order valence-electron chi connectivity index (χ2n) is 3.59. The second-order valence-corrected chi connectivity index (χ2v) is 3.59. The molecule has 0 bridgehead atoms. The summed E-state index contributed by atoms with van der Waals surface area (Å²) in [6, 6.07) is 6.79. The smallest absolute Gasteiger partial charge is 0.435 e. The van der Waals surface area contributed by atoms with Gasteiger partial charge in [0.1, 0.15) is 5.84 Å². The van der Waals surface area contributed by atoms with Crippen molar-refractivity contribution in [3.63, 3.8) is 0 Å². The fourth-order valence-corrected chi connectivity index (χ4v) is 1.15. The van der Waals surface area contributed by atoms with Crippen molar-refractivity contribution in [1.82, 2.24) is 0 Å². The number of nitrogens with two attached hydrogens (primary N) is 2. The molecule has 1 aromatic carbocycles. The van der Waals surface area contributed by atoms with Gasteiger partial charge in [0.25, 0.3) is 0 Å². The molecular formula is C12H17N3O2. The number of hydrogen-bond acceptors (Lipinski definition) is 3. The second kappa shape index (κ2) is 6.52. The topological polar surface area (TPSA) is 90.7 Å². The number of nitrogens with zero attached hydrogens (tertiary/aromatic N) is 1. The first-order valence-corrected chi connectivity index (χ1v) is 5.50. The summed E-state index contributed by atoms with van der Waals surface area (Å²) in [6.07, 6.45) is 1.13. The molecule has 0 aliphatic heterocycles. The molecule has 5 nitrogen and oxygen atoms in total. The van der Waals surface area contributed by atoms with E-state index in [4.69, 9.17) is 16.2 Å². The van der Waals surface area contributed by atoms with Crippen LogP contribution in [0.2, 0.25) is 0 Å². The molecule has 5 heteroatoms. The fraction of sp³-hybridized carbons (Fsp3) is 0.333. The van der Waals surface area contributed by atoms with Crippen LogP contribution < -0.4 is 11.5 Å².